The van der Waals surface area contributed by atoms with Crippen LogP contribution in [0, 0.1) is 0 Å². The van der Waals surface area contributed by atoms with Crippen molar-refractivity contribution < 1.29 is 14.3 Å². The molecule has 0 N–H and O–H groups in total. The average molecular weight is 236 g/mol. The summed E-state index contributed by atoms with van der Waals surface area (Å²) in [5, 5.41) is 0. The number of benzene rings is 1. The van der Waals surface area contributed by atoms with Gasteiger partial charge in [0.05, 0.1) is 6.61 Å². The summed E-state index contributed by atoms with van der Waals surface area (Å²) in [5.74, 6) is 0.787. The van der Waals surface area contributed by atoms with E-state index < -0.39 is 6.10 Å². The zero-order valence-corrected chi connectivity index (χ0v) is 10.9. The fraction of sp³-hybridized carbons (Fsp3) is 0.500. The second-order valence-corrected chi connectivity index (χ2v) is 4.20. The van der Waals surface area contributed by atoms with E-state index in [9.17, 15) is 4.79 Å². The van der Waals surface area contributed by atoms with Gasteiger partial charge in [0, 0.05) is 0 Å². The van der Waals surface area contributed by atoms with Crippen LogP contribution in [0.5, 0.6) is 5.75 Å². The summed E-state index contributed by atoms with van der Waals surface area (Å²) < 4.78 is 10.6. The van der Waals surface area contributed by atoms with Gasteiger partial charge >= 0.3 is 5.97 Å². The van der Waals surface area contributed by atoms with Crippen molar-refractivity contribution in [1.29, 1.82) is 0 Å². The van der Waals surface area contributed by atoms with Gasteiger partial charge in [-0.05, 0) is 31.4 Å². The highest BCUT2D eigenvalue weighted by atomic mass is 16.6. The topological polar surface area (TPSA) is 35.5 Å². The predicted molar refractivity (Wildman–Crippen MR) is 67.3 cm³/mol. The van der Waals surface area contributed by atoms with E-state index in [2.05, 4.69) is 13.8 Å². The van der Waals surface area contributed by atoms with Crippen LogP contribution in [0.3, 0.4) is 0 Å². The SMILES string of the molecule is CCOC(=O)C(C)Oc1ccccc1C(C)C. The van der Waals surface area contributed by atoms with Crippen LogP contribution in [0.1, 0.15) is 39.2 Å². The number of hydrogen-bond donors (Lipinski definition) is 0. The van der Waals surface area contributed by atoms with Gasteiger partial charge < -0.3 is 9.47 Å². The maximum absolute atomic E-state index is 11.5. The number of hydrogen-bond acceptors (Lipinski definition) is 3. The molecule has 1 aromatic rings. The Balaban J connectivity index is 2.77. The highest BCUT2D eigenvalue weighted by molar-refractivity contribution is 5.74. The monoisotopic (exact) mass is 236 g/mol. The fourth-order valence-electron chi connectivity index (χ4n) is 1.56. The molecule has 0 aliphatic rings. The van der Waals surface area contributed by atoms with Crippen molar-refractivity contribution in [3.8, 4) is 5.75 Å². The summed E-state index contributed by atoms with van der Waals surface area (Å²) in [6.07, 6.45) is -0.574. The molecule has 0 aromatic heterocycles. The van der Waals surface area contributed by atoms with E-state index >= 15 is 0 Å². The Morgan fingerprint density at radius 1 is 1.24 bits per heavy atom. The second kappa shape index (κ2) is 6.28. The largest absolute Gasteiger partial charge is 0.479 e. The lowest BCUT2D eigenvalue weighted by Gasteiger charge is -2.17. The third-order valence-electron chi connectivity index (χ3n) is 2.46. The van der Waals surface area contributed by atoms with Crippen LogP contribution < -0.4 is 4.74 Å². The first-order valence-corrected chi connectivity index (χ1v) is 5.98. The molecule has 0 radical (unpaired) electrons. The molecule has 1 rings (SSSR count). The first-order valence-electron chi connectivity index (χ1n) is 5.98. The predicted octanol–water partition coefficient (Wildman–Crippen LogP) is 3.14. The number of carbonyl (C=O) groups excluding carboxylic acids is 1. The summed E-state index contributed by atoms with van der Waals surface area (Å²) >= 11 is 0. The summed E-state index contributed by atoms with van der Waals surface area (Å²) in [7, 11) is 0. The average Bonchev–Trinajstić information content (AvgIpc) is 2.29. The highest BCUT2D eigenvalue weighted by Gasteiger charge is 2.17. The molecule has 0 aliphatic heterocycles. The van der Waals surface area contributed by atoms with Crippen LogP contribution in [0.2, 0.25) is 0 Å². The molecule has 0 aliphatic carbocycles. The number of carbonyl (C=O) groups is 1. The molecule has 0 saturated carbocycles. The minimum absolute atomic E-state index is 0.328. The molecule has 0 fully saturated rings. The van der Waals surface area contributed by atoms with E-state index in [4.69, 9.17) is 9.47 Å². The third-order valence-corrected chi connectivity index (χ3v) is 2.46. The highest BCUT2D eigenvalue weighted by Crippen LogP contribution is 2.26. The van der Waals surface area contributed by atoms with Crippen LogP contribution in [-0.4, -0.2) is 18.7 Å². The lowest BCUT2D eigenvalue weighted by molar-refractivity contribution is -0.150. The Morgan fingerprint density at radius 3 is 2.47 bits per heavy atom. The van der Waals surface area contributed by atoms with E-state index in [-0.39, 0.29) is 5.97 Å². The van der Waals surface area contributed by atoms with Crippen LogP contribution in [0.25, 0.3) is 0 Å². The van der Waals surface area contributed by atoms with Crippen LogP contribution >= 0.6 is 0 Å². The number of para-hydroxylation sites is 1. The molecule has 1 atom stereocenters. The van der Waals surface area contributed by atoms with Gasteiger partial charge in [-0.2, -0.15) is 0 Å². The molecule has 0 saturated heterocycles. The Hall–Kier alpha value is -1.51. The maximum atomic E-state index is 11.5. The van der Waals surface area contributed by atoms with Crippen LogP contribution in [0.4, 0.5) is 0 Å². The lowest BCUT2D eigenvalue weighted by Crippen LogP contribution is -2.26. The standard InChI is InChI=1S/C14H20O3/c1-5-16-14(15)11(4)17-13-9-7-6-8-12(13)10(2)3/h6-11H,5H2,1-4H3. The molecule has 0 amide bonds. The minimum Gasteiger partial charge on any atom is -0.479 e. The molecule has 3 heteroatoms. The van der Waals surface area contributed by atoms with E-state index in [0.717, 1.165) is 11.3 Å². The smallest absolute Gasteiger partial charge is 0.347 e. The summed E-state index contributed by atoms with van der Waals surface area (Å²) in [6, 6.07) is 7.76. The molecule has 1 aromatic carbocycles. The third kappa shape index (κ3) is 3.77. The van der Waals surface area contributed by atoms with E-state index in [1.165, 1.54) is 0 Å². The molecule has 0 heterocycles. The van der Waals surface area contributed by atoms with Crippen molar-refractivity contribution in [3.63, 3.8) is 0 Å². The van der Waals surface area contributed by atoms with E-state index in [1.807, 2.05) is 24.3 Å². The maximum Gasteiger partial charge on any atom is 0.347 e. The second-order valence-electron chi connectivity index (χ2n) is 4.20. The first-order chi connectivity index (χ1) is 8.06. The molecule has 0 bridgehead atoms. The van der Waals surface area contributed by atoms with Crippen molar-refractivity contribution in [2.45, 2.75) is 39.7 Å². The first kappa shape index (κ1) is 13.6. The van der Waals surface area contributed by atoms with E-state index in [0.29, 0.717) is 12.5 Å². The summed E-state index contributed by atoms with van der Waals surface area (Å²) in [5.41, 5.74) is 1.10. The quantitative estimate of drug-likeness (QED) is 0.737. The van der Waals surface area contributed by atoms with Gasteiger partial charge in [0.1, 0.15) is 5.75 Å². The van der Waals surface area contributed by atoms with Crippen LogP contribution in [-0.2, 0) is 9.53 Å². The van der Waals surface area contributed by atoms with Crippen molar-refractivity contribution in [3.05, 3.63) is 29.8 Å². The Labute approximate surface area is 103 Å². The summed E-state index contributed by atoms with van der Waals surface area (Å²) in [4.78, 5) is 11.5. The molecular formula is C14H20O3. The summed E-state index contributed by atoms with van der Waals surface area (Å²) in [6.45, 7) is 8.05. The van der Waals surface area contributed by atoms with Gasteiger partial charge in [0.25, 0.3) is 0 Å². The van der Waals surface area contributed by atoms with Crippen LogP contribution in [0.15, 0.2) is 24.3 Å². The zero-order valence-electron chi connectivity index (χ0n) is 10.9. The van der Waals surface area contributed by atoms with Crippen molar-refractivity contribution >= 4 is 5.97 Å². The number of ether oxygens (including phenoxy) is 2. The van der Waals surface area contributed by atoms with E-state index in [1.54, 1.807) is 13.8 Å². The fourth-order valence-corrected chi connectivity index (χ4v) is 1.56. The zero-order chi connectivity index (χ0) is 12.8. The van der Waals surface area contributed by atoms with Gasteiger partial charge in [0.15, 0.2) is 6.10 Å². The van der Waals surface area contributed by atoms with Gasteiger partial charge in [-0.15, -0.1) is 0 Å². The molecule has 17 heavy (non-hydrogen) atoms. The van der Waals surface area contributed by atoms with Gasteiger partial charge in [0.2, 0.25) is 0 Å². The Bertz CT molecular complexity index is 371. The normalized spacial score (nSPS) is 12.3. The number of esters is 1. The molecule has 94 valence electrons. The van der Waals surface area contributed by atoms with Gasteiger partial charge in [-0.25, -0.2) is 4.79 Å². The number of rotatable bonds is 5. The van der Waals surface area contributed by atoms with Crippen molar-refractivity contribution in [1.82, 2.24) is 0 Å². The van der Waals surface area contributed by atoms with Gasteiger partial charge in [-0.3, -0.25) is 0 Å². The molecule has 0 spiro atoms. The molecule has 3 nitrogen and oxygen atoms in total. The lowest BCUT2D eigenvalue weighted by atomic mass is 10.0. The Morgan fingerprint density at radius 2 is 1.88 bits per heavy atom. The molecule has 1 unspecified atom stereocenters. The van der Waals surface area contributed by atoms with Crippen molar-refractivity contribution in [2.24, 2.45) is 0 Å². The Kier molecular flexibility index (Phi) is 5.01. The van der Waals surface area contributed by atoms with Gasteiger partial charge in [-0.1, -0.05) is 32.0 Å². The van der Waals surface area contributed by atoms with Crippen molar-refractivity contribution in [2.75, 3.05) is 6.61 Å². The molecular weight excluding hydrogens is 216 g/mol. The minimum atomic E-state index is -0.574.